The maximum atomic E-state index is 8.29. The summed E-state index contributed by atoms with van der Waals surface area (Å²) in [5, 5.41) is 11.3. The van der Waals surface area contributed by atoms with E-state index >= 15 is 0 Å². The summed E-state index contributed by atoms with van der Waals surface area (Å²) in [6, 6.07) is 0. The Labute approximate surface area is 54.2 Å². The number of rotatable bonds is 0. The lowest BCUT2D eigenvalue weighted by atomic mass is 10.1. The van der Waals surface area contributed by atoms with Gasteiger partial charge in [0, 0.05) is 12.5 Å². The number of hydrogen-bond acceptors (Lipinski definition) is 2. The molecule has 0 heterocycles. The van der Waals surface area contributed by atoms with Gasteiger partial charge >= 0.3 is 0 Å². The quantitative estimate of drug-likeness (QED) is 0.383. The van der Waals surface area contributed by atoms with Crippen LogP contribution in [0.1, 0.15) is 13.3 Å². The summed E-state index contributed by atoms with van der Waals surface area (Å²) in [6.07, 6.45) is 7.22. The van der Waals surface area contributed by atoms with Crippen molar-refractivity contribution in [2.45, 2.75) is 13.3 Å². The van der Waals surface area contributed by atoms with Crippen LogP contribution < -0.4 is 0 Å². The number of oxime groups is 1. The number of allylic oxidation sites excluding steroid dienone is 4. The highest BCUT2D eigenvalue weighted by Crippen LogP contribution is 2.07. The molecule has 1 aliphatic carbocycles. The summed E-state index contributed by atoms with van der Waals surface area (Å²) in [6.45, 7) is 1.99. The van der Waals surface area contributed by atoms with Gasteiger partial charge in [-0.3, -0.25) is 0 Å². The average Bonchev–Trinajstić information content (AvgIpc) is 1.88. The van der Waals surface area contributed by atoms with Crippen LogP contribution in [-0.4, -0.2) is 10.9 Å². The van der Waals surface area contributed by atoms with Crippen molar-refractivity contribution >= 4 is 5.71 Å². The minimum atomic E-state index is 0.606. The van der Waals surface area contributed by atoms with Gasteiger partial charge in [-0.1, -0.05) is 22.9 Å². The lowest BCUT2D eigenvalue weighted by Gasteiger charge is -2.01. The molecule has 2 nitrogen and oxygen atoms in total. The topological polar surface area (TPSA) is 32.6 Å². The van der Waals surface area contributed by atoms with Gasteiger partial charge in [-0.05, 0) is 6.92 Å². The molecule has 1 N–H and O–H groups in total. The molecule has 0 aromatic carbocycles. The van der Waals surface area contributed by atoms with E-state index in [1.54, 1.807) is 6.08 Å². The van der Waals surface area contributed by atoms with Gasteiger partial charge in [0.2, 0.25) is 0 Å². The highest BCUT2D eigenvalue weighted by atomic mass is 16.4. The molecule has 1 rings (SSSR count). The van der Waals surface area contributed by atoms with Crippen molar-refractivity contribution in [3.8, 4) is 0 Å². The van der Waals surface area contributed by atoms with Crippen molar-refractivity contribution in [2.75, 3.05) is 0 Å². The predicted octanol–water partition coefficient (Wildman–Crippen LogP) is 1.53. The van der Waals surface area contributed by atoms with Gasteiger partial charge in [0.15, 0.2) is 0 Å². The molecule has 2 heteroatoms. The van der Waals surface area contributed by atoms with Gasteiger partial charge in [-0.2, -0.15) is 0 Å². The van der Waals surface area contributed by atoms with E-state index < -0.39 is 0 Å². The van der Waals surface area contributed by atoms with E-state index in [4.69, 9.17) is 5.21 Å². The average molecular weight is 122 g/mol. The van der Waals surface area contributed by atoms with Crippen LogP contribution in [0.5, 0.6) is 0 Å². The lowest BCUT2D eigenvalue weighted by molar-refractivity contribution is 0.318. The molecule has 1 radical (unpaired) electrons. The Morgan fingerprint density at radius 2 is 2.56 bits per heavy atom. The maximum Gasteiger partial charge on any atom is 0.0914 e. The summed E-state index contributed by atoms with van der Waals surface area (Å²) < 4.78 is 0. The fourth-order valence-electron chi connectivity index (χ4n) is 0.718. The zero-order chi connectivity index (χ0) is 6.69. The molecule has 0 bridgehead atoms. The number of nitrogens with zero attached hydrogens (tertiary/aromatic N) is 1. The van der Waals surface area contributed by atoms with Gasteiger partial charge in [0.25, 0.3) is 0 Å². The minimum Gasteiger partial charge on any atom is -0.411 e. The fourth-order valence-corrected chi connectivity index (χ4v) is 0.718. The minimum absolute atomic E-state index is 0.606. The Kier molecular flexibility index (Phi) is 1.68. The van der Waals surface area contributed by atoms with Crippen LogP contribution in [0.4, 0.5) is 0 Å². The van der Waals surface area contributed by atoms with Gasteiger partial charge in [0.1, 0.15) is 0 Å². The molecule has 0 aromatic rings. The molecule has 0 atom stereocenters. The molecular weight excluding hydrogens is 114 g/mol. The number of hydrogen-bond donors (Lipinski definition) is 1. The van der Waals surface area contributed by atoms with Crippen LogP contribution in [0, 0.1) is 6.08 Å². The predicted molar refractivity (Wildman–Crippen MR) is 35.4 cm³/mol. The van der Waals surface area contributed by atoms with Crippen LogP contribution in [0.15, 0.2) is 22.9 Å². The molecule has 47 valence electrons. The molecule has 1 aliphatic rings. The molecule has 0 aromatic heterocycles. The largest absolute Gasteiger partial charge is 0.411 e. The standard InChI is InChI=1S/C7H8NO/c1-6-3-2-4-7(5-6)8-9/h2-3,9H,5H2,1H3. The van der Waals surface area contributed by atoms with E-state index in [0.717, 1.165) is 0 Å². The summed E-state index contributed by atoms with van der Waals surface area (Å²) in [5.41, 5.74) is 1.80. The Bertz CT molecular complexity index is 189. The maximum absolute atomic E-state index is 8.29. The Morgan fingerprint density at radius 1 is 1.78 bits per heavy atom. The Morgan fingerprint density at radius 3 is 3.00 bits per heavy atom. The first-order valence-corrected chi connectivity index (χ1v) is 2.79. The highest BCUT2D eigenvalue weighted by molar-refractivity contribution is 5.93. The fraction of sp³-hybridized carbons (Fsp3) is 0.286. The SMILES string of the molecule is CC1=CC=[C]C(=NO)C1. The van der Waals surface area contributed by atoms with E-state index in [9.17, 15) is 0 Å². The second-order valence-electron chi connectivity index (χ2n) is 2.05. The highest BCUT2D eigenvalue weighted by Gasteiger charge is 2.00. The zero-order valence-corrected chi connectivity index (χ0v) is 5.26. The molecule has 0 spiro atoms. The first-order chi connectivity index (χ1) is 4.33. The Balaban J connectivity index is 2.73. The van der Waals surface area contributed by atoms with E-state index in [-0.39, 0.29) is 0 Å². The van der Waals surface area contributed by atoms with E-state index in [2.05, 4.69) is 11.2 Å². The van der Waals surface area contributed by atoms with Crippen molar-refractivity contribution < 1.29 is 5.21 Å². The van der Waals surface area contributed by atoms with Crippen molar-refractivity contribution in [3.63, 3.8) is 0 Å². The second-order valence-corrected chi connectivity index (χ2v) is 2.05. The normalized spacial score (nSPS) is 22.3. The zero-order valence-electron chi connectivity index (χ0n) is 5.26. The van der Waals surface area contributed by atoms with Gasteiger partial charge in [0.05, 0.1) is 5.71 Å². The van der Waals surface area contributed by atoms with Gasteiger partial charge < -0.3 is 5.21 Å². The monoisotopic (exact) mass is 122 g/mol. The molecule has 0 aliphatic heterocycles. The molecule has 0 saturated heterocycles. The van der Waals surface area contributed by atoms with Crippen LogP contribution >= 0.6 is 0 Å². The molecule has 9 heavy (non-hydrogen) atoms. The third kappa shape index (κ3) is 1.42. The molecule has 0 saturated carbocycles. The van der Waals surface area contributed by atoms with E-state index in [1.165, 1.54) is 5.57 Å². The van der Waals surface area contributed by atoms with Crippen LogP contribution in [-0.2, 0) is 0 Å². The van der Waals surface area contributed by atoms with Crippen molar-refractivity contribution in [1.29, 1.82) is 0 Å². The van der Waals surface area contributed by atoms with Crippen LogP contribution in [0.2, 0.25) is 0 Å². The molecular formula is C7H8NO. The van der Waals surface area contributed by atoms with Gasteiger partial charge in [-0.15, -0.1) is 0 Å². The summed E-state index contributed by atoms with van der Waals surface area (Å²) in [4.78, 5) is 0. The molecule has 0 unspecified atom stereocenters. The molecule has 0 fully saturated rings. The van der Waals surface area contributed by atoms with E-state index in [0.29, 0.717) is 12.1 Å². The Hall–Kier alpha value is -1.05. The third-order valence-electron chi connectivity index (χ3n) is 1.18. The first kappa shape index (κ1) is 6.08. The molecule has 0 amide bonds. The van der Waals surface area contributed by atoms with Crippen molar-refractivity contribution in [1.82, 2.24) is 0 Å². The second kappa shape index (κ2) is 2.49. The smallest absolute Gasteiger partial charge is 0.0914 e. The summed E-state index contributed by atoms with van der Waals surface area (Å²) in [5.74, 6) is 0. The van der Waals surface area contributed by atoms with E-state index in [1.807, 2.05) is 13.0 Å². The summed E-state index contributed by atoms with van der Waals surface area (Å²) in [7, 11) is 0. The lowest BCUT2D eigenvalue weighted by Crippen LogP contribution is -1.98. The van der Waals surface area contributed by atoms with Crippen molar-refractivity contribution in [3.05, 3.63) is 23.8 Å². The third-order valence-corrected chi connectivity index (χ3v) is 1.18. The van der Waals surface area contributed by atoms with Crippen LogP contribution in [0.25, 0.3) is 0 Å². The van der Waals surface area contributed by atoms with Crippen LogP contribution in [0.3, 0.4) is 0 Å². The van der Waals surface area contributed by atoms with Gasteiger partial charge in [-0.25, -0.2) is 0 Å². The first-order valence-electron chi connectivity index (χ1n) is 2.79. The van der Waals surface area contributed by atoms with Crippen molar-refractivity contribution in [2.24, 2.45) is 5.16 Å². The summed E-state index contributed by atoms with van der Waals surface area (Å²) >= 11 is 0.